The van der Waals surface area contributed by atoms with Gasteiger partial charge in [0.05, 0.1) is 11.3 Å². The van der Waals surface area contributed by atoms with E-state index in [1.807, 2.05) is 0 Å². The van der Waals surface area contributed by atoms with E-state index >= 15 is 0 Å². The summed E-state index contributed by atoms with van der Waals surface area (Å²) in [4.78, 5) is 34.1. The predicted octanol–water partition coefficient (Wildman–Crippen LogP) is 0.625. The summed E-state index contributed by atoms with van der Waals surface area (Å²) in [6, 6.07) is 5.53. The average molecular weight is 370 g/mol. The quantitative estimate of drug-likeness (QED) is 0.486. The standard InChI is InChI=1S/C16H22N2O6S/c1-11(2)18-15(20)10-24-16(21)7-8-17-25(22,23)14-6-4-5-13(9-14)12(3)19/h4-6,9,11,17H,7-8,10H2,1-3H3,(H,18,20). The van der Waals surface area contributed by atoms with Gasteiger partial charge in [0.1, 0.15) is 0 Å². The molecule has 0 fully saturated rings. The number of Topliss-reactive ketones (excluding diaryl/α,β-unsaturated/α-hetero) is 1. The van der Waals surface area contributed by atoms with Crippen molar-refractivity contribution in [2.45, 2.75) is 38.1 Å². The molecule has 1 rings (SSSR count). The van der Waals surface area contributed by atoms with E-state index in [1.165, 1.54) is 31.2 Å². The zero-order valence-electron chi connectivity index (χ0n) is 14.4. The SMILES string of the molecule is CC(=O)c1cccc(S(=O)(=O)NCCC(=O)OCC(=O)NC(C)C)c1. The number of ketones is 1. The van der Waals surface area contributed by atoms with Crippen LogP contribution in [-0.4, -0.2) is 45.3 Å². The van der Waals surface area contributed by atoms with E-state index in [2.05, 4.69) is 10.0 Å². The number of hydrogen-bond acceptors (Lipinski definition) is 6. The highest BCUT2D eigenvalue weighted by Crippen LogP contribution is 2.11. The van der Waals surface area contributed by atoms with Gasteiger partial charge in [-0.05, 0) is 32.9 Å². The van der Waals surface area contributed by atoms with Crippen LogP contribution < -0.4 is 10.0 Å². The third kappa shape index (κ3) is 7.44. The van der Waals surface area contributed by atoms with Gasteiger partial charge in [-0.2, -0.15) is 0 Å². The summed E-state index contributed by atoms with van der Waals surface area (Å²) in [5.74, 6) is -1.37. The Labute approximate surface area is 147 Å². The number of benzene rings is 1. The second-order valence-electron chi connectivity index (χ2n) is 5.61. The van der Waals surface area contributed by atoms with Gasteiger partial charge in [-0.3, -0.25) is 14.4 Å². The fourth-order valence-corrected chi connectivity index (χ4v) is 2.91. The zero-order chi connectivity index (χ0) is 19.0. The van der Waals surface area contributed by atoms with Gasteiger partial charge in [0, 0.05) is 18.2 Å². The van der Waals surface area contributed by atoms with Crippen LogP contribution in [0.4, 0.5) is 0 Å². The van der Waals surface area contributed by atoms with Gasteiger partial charge < -0.3 is 10.1 Å². The lowest BCUT2D eigenvalue weighted by Gasteiger charge is -2.09. The van der Waals surface area contributed by atoms with Crippen LogP contribution in [0, 0.1) is 0 Å². The molecule has 9 heteroatoms. The minimum atomic E-state index is -3.85. The van der Waals surface area contributed by atoms with Gasteiger partial charge in [-0.25, -0.2) is 13.1 Å². The molecule has 138 valence electrons. The summed E-state index contributed by atoms with van der Waals surface area (Å²) in [5.41, 5.74) is 0.276. The Balaban J connectivity index is 2.49. The molecule has 0 aliphatic rings. The van der Waals surface area contributed by atoms with Gasteiger partial charge in [0.25, 0.3) is 5.91 Å². The molecule has 0 unspecified atom stereocenters. The predicted molar refractivity (Wildman–Crippen MR) is 90.5 cm³/mol. The molecule has 8 nitrogen and oxygen atoms in total. The first-order valence-corrected chi connectivity index (χ1v) is 9.16. The Bertz CT molecular complexity index is 743. The molecule has 0 heterocycles. The van der Waals surface area contributed by atoms with Crippen LogP contribution in [0.5, 0.6) is 0 Å². The lowest BCUT2D eigenvalue weighted by atomic mass is 10.2. The molecule has 0 radical (unpaired) electrons. The molecule has 1 aromatic carbocycles. The lowest BCUT2D eigenvalue weighted by Crippen LogP contribution is -2.34. The molecule has 0 bridgehead atoms. The zero-order valence-corrected chi connectivity index (χ0v) is 15.2. The Morgan fingerprint density at radius 3 is 2.48 bits per heavy atom. The number of amides is 1. The minimum Gasteiger partial charge on any atom is -0.456 e. The molecule has 0 aliphatic heterocycles. The van der Waals surface area contributed by atoms with Crippen LogP contribution in [-0.2, 0) is 24.3 Å². The molecule has 0 aliphatic carbocycles. The number of esters is 1. The first kappa shape index (κ1) is 20.8. The minimum absolute atomic E-state index is 0.0649. The van der Waals surface area contributed by atoms with Crippen molar-refractivity contribution in [1.82, 2.24) is 10.0 Å². The monoisotopic (exact) mass is 370 g/mol. The summed E-state index contributed by atoms with van der Waals surface area (Å²) < 4.78 is 31.3. The highest BCUT2D eigenvalue weighted by Gasteiger charge is 2.16. The summed E-state index contributed by atoms with van der Waals surface area (Å²) in [5, 5.41) is 2.56. The van der Waals surface area contributed by atoms with Gasteiger partial charge >= 0.3 is 5.97 Å². The van der Waals surface area contributed by atoms with Gasteiger partial charge in [-0.1, -0.05) is 12.1 Å². The number of rotatable bonds is 9. The number of nitrogens with one attached hydrogen (secondary N) is 2. The fourth-order valence-electron chi connectivity index (χ4n) is 1.83. The van der Waals surface area contributed by atoms with Crippen molar-refractivity contribution in [3.63, 3.8) is 0 Å². The lowest BCUT2D eigenvalue weighted by molar-refractivity contribution is -0.148. The highest BCUT2D eigenvalue weighted by atomic mass is 32.2. The molecule has 0 atom stereocenters. The van der Waals surface area contributed by atoms with E-state index in [-0.39, 0.29) is 35.2 Å². The Kier molecular flexibility index (Phi) is 7.72. The maximum Gasteiger partial charge on any atom is 0.307 e. The largest absolute Gasteiger partial charge is 0.456 e. The summed E-state index contributed by atoms with van der Waals surface area (Å²) in [6.07, 6.45) is -0.222. The van der Waals surface area contributed by atoms with Crippen molar-refractivity contribution in [2.75, 3.05) is 13.2 Å². The van der Waals surface area contributed by atoms with Gasteiger partial charge in [-0.15, -0.1) is 0 Å². The topological polar surface area (TPSA) is 119 Å². The van der Waals surface area contributed by atoms with E-state index in [0.29, 0.717) is 0 Å². The molecule has 25 heavy (non-hydrogen) atoms. The number of sulfonamides is 1. The van der Waals surface area contributed by atoms with Crippen LogP contribution >= 0.6 is 0 Å². The summed E-state index contributed by atoms with van der Waals surface area (Å²) >= 11 is 0. The third-order valence-corrected chi connectivity index (χ3v) is 4.44. The molecule has 0 aromatic heterocycles. The second kappa shape index (κ2) is 9.28. The van der Waals surface area contributed by atoms with E-state index in [9.17, 15) is 22.8 Å². The van der Waals surface area contributed by atoms with Crippen LogP contribution in [0.25, 0.3) is 0 Å². The number of carbonyl (C=O) groups is 3. The Hall–Kier alpha value is -2.26. The van der Waals surface area contributed by atoms with Crippen LogP contribution in [0.15, 0.2) is 29.2 Å². The molecular formula is C16H22N2O6S. The molecule has 1 amide bonds. The van der Waals surface area contributed by atoms with E-state index in [0.717, 1.165) is 0 Å². The molecule has 0 spiro atoms. The van der Waals surface area contributed by atoms with Crippen LogP contribution in [0.2, 0.25) is 0 Å². The van der Waals surface area contributed by atoms with Crippen molar-refractivity contribution in [2.24, 2.45) is 0 Å². The van der Waals surface area contributed by atoms with Crippen molar-refractivity contribution in [1.29, 1.82) is 0 Å². The van der Waals surface area contributed by atoms with Crippen molar-refractivity contribution in [3.8, 4) is 0 Å². The molecule has 0 saturated heterocycles. The normalized spacial score (nSPS) is 11.2. The maximum atomic E-state index is 12.1. The molecular weight excluding hydrogens is 348 g/mol. The highest BCUT2D eigenvalue weighted by molar-refractivity contribution is 7.89. The van der Waals surface area contributed by atoms with Crippen molar-refractivity contribution >= 4 is 27.7 Å². The second-order valence-corrected chi connectivity index (χ2v) is 7.38. The number of carbonyl (C=O) groups excluding carboxylic acids is 3. The van der Waals surface area contributed by atoms with E-state index < -0.39 is 28.5 Å². The maximum absolute atomic E-state index is 12.1. The third-order valence-electron chi connectivity index (χ3n) is 2.99. The van der Waals surface area contributed by atoms with Gasteiger partial charge in [0.15, 0.2) is 12.4 Å². The van der Waals surface area contributed by atoms with Crippen LogP contribution in [0.1, 0.15) is 37.6 Å². The molecule has 0 saturated carbocycles. The first-order valence-electron chi connectivity index (χ1n) is 7.67. The van der Waals surface area contributed by atoms with Gasteiger partial charge in [0.2, 0.25) is 10.0 Å². The Morgan fingerprint density at radius 2 is 1.88 bits per heavy atom. The van der Waals surface area contributed by atoms with Crippen molar-refractivity contribution in [3.05, 3.63) is 29.8 Å². The summed E-state index contributed by atoms with van der Waals surface area (Å²) in [7, 11) is -3.85. The van der Waals surface area contributed by atoms with Crippen LogP contribution in [0.3, 0.4) is 0 Å². The molecule has 2 N–H and O–H groups in total. The smallest absolute Gasteiger partial charge is 0.307 e. The fraction of sp³-hybridized carbons (Fsp3) is 0.438. The Morgan fingerprint density at radius 1 is 1.20 bits per heavy atom. The number of hydrogen-bond donors (Lipinski definition) is 2. The van der Waals surface area contributed by atoms with Crippen molar-refractivity contribution < 1.29 is 27.5 Å². The molecule has 1 aromatic rings. The summed E-state index contributed by atoms with van der Waals surface area (Å²) in [6.45, 7) is 4.29. The van der Waals surface area contributed by atoms with E-state index in [1.54, 1.807) is 13.8 Å². The van der Waals surface area contributed by atoms with E-state index in [4.69, 9.17) is 4.74 Å². The first-order chi connectivity index (χ1) is 11.6. The number of ether oxygens (including phenoxy) is 1. The average Bonchev–Trinajstić information content (AvgIpc) is 2.52.